The van der Waals surface area contributed by atoms with Gasteiger partial charge in [-0.25, -0.2) is 0 Å². The van der Waals surface area contributed by atoms with Crippen molar-refractivity contribution in [3.63, 3.8) is 0 Å². The summed E-state index contributed by atoms with van der Waals surface area (Å²) >= 11 is 0. The molecule has 1 fully saturated rings. The molecule has 1 aliphatic carbocycles. The molecule has 4 rings (SSSR count). The molecule has 0 radical (unpaired) electrons. The van der Waals surface area contributed by atoms with Crippen LogP contribution in [-0.2, 0) is 16.0 Å². The molecule has 2 unspecified atom stereocenters. The number of para-hydroxylation sites is 1. The van der Waals surface area contributed by atoms with Gasteiger partial charge in [-0.05, 0) is 48.4 Å². The fourth-order valence-electron chi connectivity index (χ4n) is 4.27. The number of rotatable bonds is 4. The number of nitrogens with zero attached hydrogens (tertiary/aromatic N) is 2. The van der Waals surface area contributed by atoms with Crippen molar-refractivity contribution < 1.29 is 9.59 Å². The van der Waals surface area contributed by atoms with E-state index < -0.39 is 0 Å². The van der Waals surface area contributed by atoms with Crippen molar-refractivity contribution in [2.45, 2.75) is 37.6 Å². The van der Waals surface area contributed by atoms with Gasteiger partial charge in [0.15, 0.2) is 0 Å². The number of anilines is 1. The summed E-state index contributed by atoms with van der Waals surface area (Å²) < 4.78 is 0. The van der Waals surface area contributed by atoms with Crippen molar-refractivity contribution in [2.24, 2.45) is 0 Å². The molecule has 26 heavy (non-hydrogen) atoms. The van der Waals surface area contributed by atoms with Crippen LogP contribution in [0.15, 0.2) is 54.6 Å². The maximum Gasteiger partial charge on any atom is 0.249 e. The summed E-state index contributed by atoms with van der Waals surface area (Å²) in [6, 6.07) is 17.7. The largest absolute Gasteiger partial charge is 0.334 e. The van der Waals surface area contributed by atoms with Gasteiger partial charge in [-0.2, -0.15) is 0 Å². The first-order valence-electron chi connectivity index (χ1n) is 9.35. The first-order valence-corrected chi connectivity index (χ1v) is 9.35. The number of benzene rings is 2. The fraction of sp³-hybridized carbons (Fsp3) is 0.364. The highest BCUT2D eigenvalue weighted by Gasteiger charge is 2.37. The molecule has 0 spiro atoms. The Labute approximate surface area is 154 Å². The third-order valence-electron chi connectivity index (χ3n) is 5.78. The van der Waals surface area contributed by atoms with Crippen molar-refractivity contribution in [1.29, 1.82) is 0 Å². The molecular formula is C22H24N2O2. The number of likely N-dealkylation sites (N-methyl/N-ethyl adjacent to an activating group) is 1. The molecule has 2 atom stereocenters. The molecule has 0 aromatic heterocycles. The maximum atomic E-state index is 12.8. The highest BCUT2D eigenvalue weighted by molar-refractivity contribution is 6.01. The third-order valence-corrected chi connectivity index (χ3v) is 5.78. The zero-order valence-electron chi connectivity index (χ0n) is 15.1. The first-order chi connectivity index (χ1) is 12.6. The molecule has 0 N–H and O–H groups in total. The summed E-state index contributed by atoms with van der Waals surface area (Å²) in [6.45, 7) is 0.664. The molecule has 1 aliphatic heterocycles. The zero-order chi connectivity index (χ0) is 18.1. The minimum Gasteiger partial charge on any atom is -0.334 e. The van der Waals surface area contributed by atoms with E-state index in [1.807, 2.05) is 36.4 Å². The highest BCUT2D eigenvalue weighted by Crippen LogP contribution is 2.36. The van der Waals surface area contributed by atoms with Gasteiger partial charge < -0.3 is 9.80 Å². The van der Waals surface area contributed by atoms with E-state index in [2.05, 4.69) is 18.2 Å². The Bertz CT molecular complexity index is 818. The number of hydrogen-bond donors (Lipinski definition) is 0. The average molecular weight is 348 g/mol. The van der Waals surface area contributed by atoms with Crippen LogP contribution in [0.5, 0.6) is 0 Å². The molecule has 2 aromatic rings. The molecular weight excluding hydrogens is 324 g/mol. The molecule has 2 aliphatic rings. The van der Waals surface area contributed by atoms with Gasteiger partial charge in [0, 0.05) is 25.7 Å². The van der Waals surface area contributed by atoms with E-state index in [-0.39, 0.29) is 23.8 Å². The second kappa shape index (κ2) is 6.94. The quantitative estimate of drug-likeness (QED) is 0.850. The summed E-state index contributed by atoms with van der Waals surface area (Å²) in [6.07, 6.45) is 3.25. The zero-order valence-corrected chi connectivity index (χ0v) is 15.1. The predicted molar refractivity (Wildman–Crippen MR) is 102 cm³/mol. The summed E-state index contributed by atoms with van der Waals surface area (Å²) in [5.41, 5.74) is 3.57. The van der Waals surface area contributed by atoms with E-state index in [0.29, 0.717) is 19.4 Å². The van der Waals surface area contributed by atoms with Crippen LogP contribution in [0.4, 0.5) is 5.69 Å². The highest BCUT2D eigenvalue weighted by atomic mass is 16.2. The van der Waals surface area contributed by atoms with Gasteiger partial charge in [-0.1, -0.05) is 42.5 Å². The van der Waals surface area contributed by atoms with Gasteiger partial charge in [0.1, 0.15) is 6.04 Å². The van der Waals surface area contributed by atoms with Crippen molar-refractivity contribution in [1.82, 2.24) is 4.90 Å². The van der Waals surface area contributed by atoms with Gasteiger partial charge in [-0.3, -0.25) is 9.59 Å². The van der Waals surface area contributed by atoms with Crippen molar-refractivity contribution in [2.75, 3.05) is 18.5 Å². The van der Waals surface area contributed by atoms with Crippen LogP contribution in [0.25, 0.3) is 0 Å². The summed E-state index contributed by atoms with van der Waals surface area (Å²) in [5.74, 6) is 0.377. The molecule has 4 nitrogen and oxygen atoms in total. The van der Waals surface area contributed by atoms with Crippen LogP contribution >= 0.6 is 0 Å². The lowest BCUT2D eigenvalue weighted by Gasteiger charge is -2.25. The summed E-state index contributed by atoms with van der Waals surface area (Å²) in [7, 11) is 1.78. The minimum absolute atomic E-state index is 0.0267. The molecule has 0 bridgehead atoms. The second-order valence-electron chi connectivity index (χ2n) is 7.27. The Hall–Kier alpha value is -2.62. The minimum atomic E-state index is -0.348. The Kier molecular flexibility index (Phi) is 4.49. The van der Waals surface area contributed by atoms with Gasteiger partial charge >= 0.3 is 0 Å². The van der Waals surface area contributed by atoms with E-state index in [0.717, 1.165) is 18.5 Å². The smallest absolute Gasteiger partial charge is 0.249 e. The maximum absolute atomic E-state index is 12.8. The summed E-state index contributed by atoms with van der Waals surface area (Å²) in [4.78, 5) is 29.1. The Morgan fingerprint density at radius 1 is 1.08 bits per heavy atom. The van der Waals surface area contributed by atoms with Gasteiger partial charge in [0.05, 0.1) is 0 Å². The molecule has 4 heteroatoms. The molecule has 0 saturated carbocycles. The SMILES string of the molecule is CN(C(=O)CC1CCc2ccccc21)C1CCN(c2ccccc2)C1=O. The Morgan fingerprint density at radius 2 is 1.81 bits per heavy atom. The van der Waals surface area contributed by atoms with E-state index in [1.54, 1.807) is 16.8 Å². The van der Waals surface area contributed by atoms with E-state index in [4.69, 9.17) is 0 Å². The van der Waals surface area contributed by atoms with Crippen LogP contribution in [0.1, 0.15) is 36.3 Å². The number of hydrogen-bond acceptors (Lipinski definition) is 2. The lowest BCUT2D eigenvalue weighted by atomic mass is 9.97. The van der Waals surface area contributed by atoms with Crippen LogP contribution in [0.3, 0.4) is 0 Å². The van der Waals surface area contributed by atoms with E-state index in [9.17, 15) is 9.59 Å². The lowest BCUT2D eigenvalue weighted by Crippen LogP contribution is -2.43. The van der Waals surface area contributed by atoms with Crippen molar-refractivity contribution in [3.05, 3.63) is 65.7 Å². The fourth-order valence-corrected chi connectivity index (χ4v) is 4.27. The van der Waals surface area contributed by atoms with Crippen molar-refractivity contribution in [3.8, 4) is 0 Å². The number of fused-ring (bicyclic) bond motifs is 1. The molecule has 2 amide bonds. The number of carbonyl (C=O) groups is 2. The Morgan fingerprint density at radius 3 is 2.62 bits per heavy atom. The predicted octanol–water partition coefficient (Wildman–Crippen LogP) is 3.37. The lowest BCUT2D eigenvalue weighted by molar-refractivity contribution is -0.137. The van der Waals surface area contributed by atoms with Gasteiger partial charge in [0.2, 0.25) is 11.8 Å². The van der Waals surface area contributed by atoms with Crippen molar-refractivity contribution >= 4 is 17.5 Å². The molecule has 2 aromatic carbocycles. The van der Waals surface area contributed by atoms with Crippen LogP contribution < -0.4 is 4.90 Å². The molecule has 1 heterocycles. The van der Waals surface area contributed by atoms with E-state index >= 15 is 0 Å². The number of aryl methyl sites for hydroxylation is 1. The Balaban J connectivity index is 1.42. The second-order valence-corrected chi connectivity index (χ2v) is 7.27. The van der Waals surface area contributed by atoms with Crippen LogP contribution in [0, 0.1) is 0 Å². The standard InChI is InChI=1S/C22H24N2O2/c1-23(20-13-14-24(22(20)26)18-8-3-2-4-9-18)21(25)15-17-12-11-16-7-5-6-10-19(16)17/h2-10,17,20H,11-15H2,1H3. The number of carbonyl (C=O) groups excluding carboxylic acids is 2. The van der Waals surface area contributed by atoms with Gasteiger partial charge in [-0.15, -0.1) is 0 Å². The topological polar surface area (TPSA) is 40.6 Å². The van der Waals surface area contributed by atoms with Crippen LogP contribution in [0.2, 0.25) is 0 Å². The normalized spacial score (nSPS) is 21.7. The first kappa shape index (κ1) is 16.8. The molecule has 1 saturated heterocycles. The molecule has 134 valence electrons. The van der Waals surface area contributed by atoms with Gasteiger partial charge in [0.25, 0.3) is 0 Å². The monoisotopic (exact) mass is 348 g/mol. The summed E-state index contributed by atoms with van der Waals surface area (Å²) in [5, 5.41) is 0. The number of amides is 2. The third kappa shape index (κ3) is 3.00. The van der Waals surface area contributed by atoms with Crippen LogP contribution in [-0.4, -0.2) is 36.3 Å². The average Bonchev–Trinajstić information content (AvgIpc) is 3.26. The van der Waals surface area contributed by atoms with E-state index in [1.165, 1.54) is 11.1 Å².